The number of carbonyl (C=O) groups is 1. The highest BCUT2D eigenvalue weighted by atomic mass is 35.5. The minimum Gasteiger partial charge on any atom is -0.337 e. The van der Waals surface area contributed by atoms with Crippen LogP contribution in [0.1, 0.15) is 22.3 Å². The average Bonchev–Trinajstić information content (AvgIpc) is 3.37. The van der Waals surface area contributed by atoms with Crippen LogP contribution >= 0.6 is 23.7 Å². The number of hydrogen-bond acceptors (Lipinski definition) is 4. The molecule has 0 unspecified atom stereocenters. The fourth-order valence-electron chi connectivity index (χ4n) is 3.09. The predicted octanol–water partition coefficient (Wildman–Crippen LogP) is 5.24. The zero-order chi connectivity index (χ0) is 20.4. The summed E-state index contributed by atoms with van der Waals surface area (Å²) in [6.45, 7) is 3.02. The summed E-state index contributed by atoms with van der Waals surface area (Å²) in [5, 5.41) is 0.537. The Kier molecular flexibility index (Phi) is 6.79. The van der Waals surface area contributed by atoms with Gasteiger partial charge in [0.05, 0.1) is 16.5 Å². The smallest absolute Gasteiger partial charge is 0.260 e. The molecule has 0 aliphatic carbocycles. The van der Waals surface area contributed by atoms with Gasteiger partial charge in [-0.15, -0.1) is 12.4 Å². The molecule has 0 atom stereocenters. The van der Waals surface area contributed by atoms with Crippen LogP contribution in [0, 0.1) is 18.6 Å². The van der Waals surface area contributed by atoms with E-state index < -0.39 is 17.5 Å². The summed E-state index contributed by atoms with van der Waals surface area (Å²) in [5.41, 5.74) is 1.94. The van der Waals surface area contributed by atoms with Crippen molar-refractivity contribution in [1.82, 2.24) is 14.5 Å². The van der Waals surface area contributed by atoms with Crippen LogP contribution in [0.3, 0.4) is 0 Å². The molecule has 0 aliphatic rings. The van der Waals surface area contributed by atoms with Crippen LogP contribution in [0.2, 0.25) is 0 Å². The highest BCUT2D eigenvalue weighted by Gasteiger charge is 2.22. The molecule has 4 rings (SSSR count). The fraction of sp³-hybridized carbons (Fsp3) is 0.190. The van der Waals surface area contributed by atoms with Gasteiger partial charge in [0.15, 0.2) is 16.8 Å². The largest absolute Gasteiger partial charge is 0.337 e. The van der Waals surface area contributed by atoms with Crippen LogP contribution < -0.4 is 4.90 Å². The summed E-state index contributed by atoms with van der Waals surface area (Å²) in [6, 6.07) is 9.05. The van der Waals surface area contributed by atoms with Gasteiger partial charge in [-0.3, -0.25) is 9.69 Å². The molecule has 0 saturated carbocycles. The van der Waals surface area contributed by atoms with Gasteiger partial charge in [-0.05, 0) is 43.2 Å². The fourth-order valence-corrected chi connectivity index (χ4v) is 4.16. The first-order valence-corrected chi connectivity index (χ1v) is 9.93. The number of fused-ring (bicyclic) bond motifs is 1. The Labute approximate surface area is 182 Å². The van der Waals surface area contributed by atoms with E-state index in [9.17, 15) is 13.6 Å². The number of anilines is 1. The molecule has 0 radical (unpaired) electrons. The third kappa shape index (κ3) is 4.49. The molecule has 4 aromatic rings. The lowest BCUT2D eigenvalue weighted by molar-refractivity contribution is 0.0985. The summed E-state index contributed by atoms with van der Waals surface area (Å²) < 4.78 is 29.9. The quantitative estimate of drug-likeness (QED) is 0.405. The van der Waals surface area contributed by atoms with Crippen LogP contribution in [-0.2, 0) is 6.54 Å². The Morgan fingerprint density at radius 1 is 1.20 bits per heavy atom. The third-order valence-corrected chi connectivity index (χ3v) is 5.65. The number of aryl methyl sites for hydroxylation is 2. The van der Waals surface area contributed by atoms with E-state index in [-0.39, 0.29) is 18.0 Å². The maximum absolute atomic E-state index is 13.7. The normalized spacial score (nSPS) is 10.8. The first-order chi connectivity index (χ1) is 14.0. The maximum atomic E-state index is 13.7. The molecule has 0 spiro atoms. The Hall–Kier alpha value is -2.84. The molecule has 0 N–H and O–H groups in total. The first kappa shape index (κ1) is 21.9. The first-order valence-electron chi connectivity index (χ1n) is 9.12. The molecular weight excluding hydrogens is 430 g/mol. The Morgan fingerprint density at radius 3 is 2.73 bits per heavy atom. The van der Waals surface area contributed by atoms with Gasteiger partial charge in [-0.25, -0.2) is 18.7 Å². The highest BCUT2D eigenvalue weighted by Crippen LogP contribution is 2.31. The molecule has 156 valence electrons. The lowest BCUT2D eigenvalue weighted by atomic mass is 10.2. The number of imidazole rings is 1. The number of thiazole rings is 1. The van der Waals surface area contributed by atoms with Crippen molar-refractivity contribution in [2.24, 2.45) is 0 Å². The second kappa shape index (κ2) is 9.32. The van der Waals surface area contributed by atoms with Crippen LogP contribution in [0.15, 0.2) is 55.1 Å². The number of amides is 1. The van der Waals surface area contributed by atoms with Crippen LogP contribution in [0.5, 0.6) is 0 Å². The van der Waals surface area contributed by atoms with Gasteiger partial charge in [0.1, 0.15) is 0 Å². The number of para-hydroxylation sites is 1. The predicted molar refractivity (Wildman–Crippen MR) is 116 cm³/mol. The molecule has 5 nitrogen and oxygen atoms in total. The standard InChI is InChI=1S/C21H18F2N4OS.ClH/c1-14-4-2-5-18-19(14)25-21(29-18)27(10-3-9-26-11-8-24-13-26)20(28)15-6-7-16(22)17(23)12-15;/h2,4-8,11-13H,3,9-10H2,1H3;1H. The number of carbonyl (C=O) groups excluding carboxylic acids is 1. The monoisotopic (exact) mass is 448 g/mol. The van der Waals surface area contributed by atoms with E-state index in [1.807, 2.05) is 35.9 Å². The number of aromatic nitrogens is 3. The topological polar surface area (TPSA) is 51.0 Å². The van der Waals surface area contributed by atoms with Gasteiger partial charge in [-0.1, -0.05) is 23.5 Å². The van der Waals surface area contributed by atoms with E-state index >= 15 is 0 Å². The molecule has 0 aliphatic heterocycles. The lowest BCUT2D eigenvalue weighted by Crippen LogP contribution is -2.32. The van der Waals surface area contributed by atoms with Gasteiger partial charge >= 0.3 is 0 Å². The molecule has 30 heavy (non-hydrogen) atoms. The summed E-state index contributed by atoms with van der Waals surface area (Å²) in [5.74, 6) is -2.44. The zero-order valence-electron chi connectivity index (χ0n) is 16.1. The lowest BCUT2D eigenvalue weighted by Gasteiger charge is -2.20. The molecule has 1 amide bonds. The Bertz CT molecular complexity index is 1160. The van der Waals surface area contributed by atoms with E-state index in [1.165, 1.54) is 22.3 Å². The molecule has 9 heteroatoms. The number of nitrogens with zero attached hydrogens (tertiary/aromatic N) is 4. The van der Waals surface area contributed by atoms with Crippen molar-refractivity contribution >= 4 is 45.0 Å². The summed E-state index contributed by atoms with van der Waals surface area (Å²) in [4.78, 5) is 23.3. The van der Waals surface area contributed by atoms with Gasteiger partial charge < -0.3 is 4.57 Å². The van der Waals surface area contributed by atoms with E-state index in [2.05, 4.69) is 9.97 Å². The van der Waals surface area contributed by atoms with E-state index in [1.54, 1.807) is 12.5 Å². The van der Waals surface area contributed by atoms with Crippen molar-refractivity contribution in [3.8, 4) is 0 Å². The average molecular weight is 449 g/mol. The van der Waals surface area contributed by atoms with Crippen molar-refractivity contribution < 1.29 is 13.6 Å². The van der Waals surface area contributed by atoms with Crippen molar-refractivity contribution in [2.45, 2.75) is 19.9 Å². The van der Waals surface area contributed by atoms with Crippen molar-refractivity contribution in [2.75, 3.05) is 11.4 Å². The summed E-state index contributed by atoms with van der Waals surface area (Å²) in [6.07, 6.45) is 5.91. The second-order valence-electron chi connectivity index (χ2n) is 6.66. The molecule has 0 bridgehead atoms. The Balaban J connectivity index is 0.00000256. The Morgan fingerprint density at radius 2 is 2.03 bits per heavy atom. The molecular formula is C21H19ClF2N4OS. The molecule has 2 aromatic heterocycles. The second-order valence-corrected chi connectivity index (χ2v) is 7.67. The van der Waals surface area contributed by atoms with Crippen molar-refractivity contribution in [1.29, 1.82) is 0 Å². The van der Waals surface area contributed by atoms with E-state index in [0.717, 1.165) is 27.9 Å². The van der Waals surface area contributed by atoms with Crippen molar-refractivity contribution in [3.05, 3.63) is 77.9 Å². The van der Waals surface area contributed by atoms with E-state index in [0.29, 0.717) is 24.6 Å². The van der Waals surface area contributed by atoms with Gasteiger partial charge in [-0.2, -0.15) is 0 Å². The molecule has 0 fully saturated rings. The number of rotatable bonds is 6. The summed E-state index contributed by atoms with van der Waals surface area (Å²) in [7, 11) is 0. The third-order valence-electron chi connectivity index (χ3n) is 4.61. The zero-order valence-corrected chi connectivity index (χ0v) is 17.7. The van der Waals surface area contributed by atoms with Crippen molar-refractivity contribution in [3.63, 3.8) is 0 Å². The van der Waals surface area contributed by atoms with Gasteiger partial charge in [0.25, 0.3) is 5.91 Å². The minimum absolute atomic E-state index is 0. The number of benzene rings is 2. The van der Waals surface area contributed by atoms with Gasteiger partial charge in [0, 0.05) is 31.0 Å². The highest BCUT2D eigenvalue weighted by molar-refractivity contribution is 7.22. The number of halogens is 3. The minimum atomic E-state index is -1.05. The SMILES string of the molecule is Cc1cccc2sc(N(CCCn3ccnc3)C(=O)c3ccc(F)c(F)c3)nc12.Cl. The molecule has 2 heterocycles. The van der Waals surface area contributed by atoms with Crippen LogP contribution in [0.4, 0.5) is 13.9 Å². The van der Waals surface area contributed by atoms with Crippen LogP contribution in [0.25, 0.3) is 10.2 Å². The van der Waals surface area contributed by atoms with E-state index in [4.69, 9.17) is 0 Å². The molecule has 2 aromatic carbocycles. The summed E-state index contributed by atoms with van der Waals surface area (Å²) >= 11 is 1.40. The molecule has 0 saturated heterocycles. The van der Waals surface area contributed by atoms with Crippen LogP contribution in [-0.4, -0.2) is 27.0 Å². The maximum Gasteiger partial charge on any atom is 0.260 e. The number of hydrogen-bond donors (Lipinski definition) is 0. The van der Waals surface area contributed by atoms with Gasteiger partial charge in [0.2, 0.25) is 0 Å².